The maximum absolute atomic E-state index is 12.6. The Hall–Kier alpha value is -2.69. The number of amides is 1. The van der Waals surface area contributed by atoms with Crippen LogP contribution in [0.3, 0.4) is 0 Å². The van der Waals surface area contributed by atoms with Crippen molar-refractivity contribution in [2.24, 2.45) is 0 Å². The van der Waals surface area contributed by atoms with Crippen LogP contribution >= 0.6 is 0 Å². The Morgan fingerprint density at radius 2 is 1.92 bits per heavy atom. The van der Waals surface area contributed by atoms with Gasteiger partial charge in [-0.1, -0.05) is 6.07 Å². The van der Waals surface area contributed by atoms with Gasteiger partial charge >= 0.3 is 0 Å². The maximum atomic E-state index is 12.6. The van der Waals surface area contributed by atoms with Crippen molar-refractivity contribution in [1.29, 1.82) is 0 Å². The van der Waals surface area contributed by atoms with Gasteiger partial charge in [0.05, 0.1) is 18.1 Å². The normalized spacial score (nSPS) is 13.9. The predicted molar refractivity (Wildman–Crippen MR) is 99.0 cm³/mol. The number of aryl methyl sites for hydroxylation is 2. The van der Waals surface area contributed by atoms with Gasteiger partial charge in [0.2, 0.25) is 0 Å². The van der Waals surface area contributed by atoms with Crippen LogP contribution in [-0.2, 0) is 12.8 Å². The zero-order valence-electron chi connectivity index (χ0n) is 14.6. The summed E-state index contributed by atoms with van der Waals surface area (Å²) in [4.78, 5) is 17.1. The summed E-state index contributed by atoms with van der Waals surface area (Å²) < 4.78 is 1.88. The van der Waals surface area contributed by atoms with Crippen molar-refractivity contribution in [2.75, 3.05) is 5.32 Å². The van der Waals surface area contributed by atoms with E-state index in [1.807, 2.05) is 22.9 Å². The Labute approximate surface area is 147 Å². The molecule has 0 spiro atoms. The number of carbonyl (C=O) groups excluding carboxylic acids is 1. The molecule has 128 valence electrons. The number of anilines is 1. The van der Waals surface area contributed by atoms with Gasteiger partial charge in [0, 0.05) is 17.0 Å². The van der Waals surface area contributed by atoms with Crippen LogP contribution in [-0.4, -0.2) is 20.7 Å². The van der Waals surface area contributed by atoms with Gasteiger partial charge in [-0.05, 0) is 68.9 Å². The van der Waals surface area contributed by atoms with Gasteiger partial charge in [0.15, 0.2) is 5.65 Å². The van der Waals surface area contributed by atoms with Crippen LogP contribution in [0.5, 0.6) is 0 Å². The molecule has 0 saturated heterocycles. The fraction of sp³-hybridized carbons (Fsp3) is 0.350. The zero-order valence-corrected chi connectivity index (χ0v) is 14.6. The van der Waals surface area contributed by atoms with Crippen molar-refractivity contribution in [1.82, 2.24) is 14.8 Å². The van der Waals surface area contributed by atoms with Crippen molar-refractivity contribution in [3.05, 3.63) is 53.3 Å². The van der Waals surface area contributed by atoms with Gasteiger partial charge in [-0.15, -0.1) is 0 Å². The third-order valence-corrected chi connectivity index (χ3v) is 4.79. The third-order valence-electron chi connectivity index (χ3n) is 4.79. The number of aromatic nitrogens is 3. The highest BCUT2D eigenvalue weighted by molar-refractivity contribution is 6.05. The molecule has 2 heterocycles. The van der Waals surface area contributed by atoms with Crippen molar-refractivity contribution >= 4 is 22.6 Å². The summed E-state index contributed by atoms with van der Waals surface area (Å²) in [6.07, 6.45) is 8.12. The van der Waals surface area contributed by atoms with Crippen molar-refractivity contribution in [3.8, 4) is 0 Å². The zero-order chi connectivity index (χ0) is 17.4. The number of hydrogen-bond donors (Lipinski definition) is 1. The molecule has 5 heteroatoms. The summed E-state index contributed by atoms with van der Waals surface area (Å²) in [5, 5.41) is 8.25. The topological polar surface area (TPSA) is 59.8 Å². The Morgan fingerprint density at radius 1 is 1.12 bits per heavy atom. The number of nitrogens with zero attached hydrogens (tertiary/aromatic N) is 3. The summed E-state index contributed by atoms with van der Waals surface area (Å²) in [6.45, 7) is 4.14. The summed E-state index contributed by atoms with van der Waals surface area (Å²) in [6, 6.07) is 8.22. The molecule has 1 amide bonds. The van der Waals surface area contributed by atoms with E-state index in [9.17, 15) is 4.79 Å². The molecule has 0 bridgehead atoms. The summed E-state index contributed by atoms with van der Waals surface area (Å²) >= 11 is 0. The van der Waals surface area contributed by atoms with Crippen LogP contribution in [0, 0.1) is 0 Å². The smallest absolute Gasteiger partial charge is 0.255 e. The number of rotatable bonds is 3. The van der Waals surface area contributed by atoms with E-state index in [2.05, 4.69) is 35.3 Å². The maximum Gasteiger partial charge on any atom is 0.255 e. The van der Waals surface area contributed by atoms with Crippen molar-refractivity contribution in [3.63, 3.8) is 0 Å². The van der Waals surface area contributed by atoms with E-state index in [0.29, 0.717) is 11.3 Å². The molecule has 4 rings (SSSR count). The molecule has 1 N–H and O–H groups in total. The molecule has 0 aliphatic heterocycles. The van der Waals surface area contributed by atoms with Crippen LogP contribution in [0.15, 0.2) is 36.7 Å². The number of hydrogen-bond acceptors (Lipinski definition) is 3. The van der Waals surface area contributed by atoms with E-state index in [-0.39, 0.29) is 11.9 Å². The first-order chi connectivity index (χ1) is 12.1. The van der Waals surface area contributed by atoms with Gasteiger partial charge in [0.25, 0.3) is 5.91 Å². The van der Waals surface area contributed by atoms with Gasteiger partial charge in [0.1, 0.15) is 0 Å². The largest absolute Gasteiger partial charge is 0.321 e. The number of benzene rings is 1. The van der Waals surface area contributed by atoms with Crippen molar-refractivity contribution in [2.45, 2.75) is 45.6 Å². The molecule has 0 atom stereocenters. The molecule has 1 aromatic carbocycles. The summed E-state index contributed by atoms with van der Waals surface area (Å²) in [7, 11) is 0. The van der Waals surface area contributed by atoms with Crippen molar-refractivity contribution < 1.29 is 4.79 Å². The van der Waals surface area contributed by atoms with Gasteiger partial charge in [-0.2, -0.15) is 5.10 Å². The molecule has 3 aromatic rings. The second-order valence-corrected chi connectivity index (χ2v) is 6.96. The Morgan fingerprint density at radius 3 is 2.72 bits per heavy atom. The molecule has 0 unspecified atom stereocenters. The van der Waals surface area contributed by atoms with E-state index in [1.165, 1.54) is 24.0 Å². The minimum absolute atomic E-state index is 0.0919. The monoisotopic (exact) mass is 334 g/mol. The predicted octanol–water partition coefficient (Wildman–Crippen LogP) is 4.14. The minimum atomic E-state index is -0.0919. The van der Waals surface area contributed by atoms with Gasteiger partial charge < -0.3 is 5.32 Å². The molecule has 1 aliphatic carbocycles. The molecule has 5 nitrogen and oxygen atoms in total. The van der Waals surface area contributed by atoms with Gasteiger partial charge in [-0.25, -0.2) is 9.67 Å². The summed E-state index contributed by atoms with van der Waals surface area (Å²) in [5.41, 5.74) is 4.93. The number of nitrogens with one attached hydrogen (secondary N) is 1. The van der Waals surface area contributed by atoms with E-state index in [0.717, 1.165) is 23.9 Å². The Kier molecular flexibility index (Phi) is 3.99. The fourth-order valence-electron chi connectivity index (χ4n) is 3.46. The second kappa shape index (κ2) is 6.31. The third kappa shape index (κ3) is 3.02. The van der Waals surface area contributed by atoms with E-state index in [4.69, 9.17) is 0 Å². The first-order valence-electron chi connectivity index (χ1n) is 8.88. The minimum Gasteiger partial charge on any atom is -0.321 e. The standard InChI is InChI=1S/C20H22N4O/c1-13(2)24-19-17(11-22-24)10-18(12-21-19)23-20(25)16-8-7-14-5-3-4-6-15(14)9-16/h7-13H,3-6H2,1-2H3,(H,23,25). The Bertz CT molecular complexity index is 942. The molecule has 0 saturated carbocycles. The van der Waals surface area contributed by atoms with E-state index >= 15 is 0 Å². The average Bonchev–Trinajstić information content (AvgIpc) is 3.04. The molecule has 0 radical (unpaired) electrons. The number of carbonyl (C=O) groups is 1. The fourth-order valence-corrected chi connectivity index (χ4v) is 3.46. The van der Waals surface area contributed by atoms with Gasteiger partial charge in [-0.3, -0.25) is 4.79 Å². The highest BCUT2D eigenvalue weighted by Gasteiger charge is 2.14. The Balaban J connectivity index is 1.57. The van der Waals surface area contributed by atoms with Crippen LogP contribution < -0.4 is 5.32 Å². The lowest BCUT2D eigenvalue weighted by Gasteiger charge is -2.16. The van der Waals surface area contributed by atoms with Crippen LogP contribution in [0.1, 0.15) is 54.2 Å². The quantitative estimate of drug-likeness (QED) is 0.783. The number of fused-ring (bicyclic) bond motifs is 2. The van der Waals surface area contributed by atoms with E-state index < -0.39 is 0 Å². The first-order valence-corrected chi connectivity index (χ1v) is 8.88. The SMILES string of the molecule is CC(C)n1ncc2cc(NC(=O)c3ccc4c(c3)CCCC4)cnc21. The lowest BCUT2D eigenvalue weighted by molar-refractivity contribution is 0.102. The molecule has 0 fully saturated rings. The average molecular weight is 334 g/mol. The van der Waals surface area contributed by atoms with Crippen LogP contribution in [0.2, 0.25) is 0 Å². The lowest BCUT2D eigenvalue weighted by atomic mass is 9.90. The number of pyridine rings is 1. The highest BCUT2D eigenvalue weighted by Crippen LogP contribution is 2.23. The van der Waals surface area contributed by atoms with Crippen LogP contribution in [0.25, 0.3) is 11.0 Å². The lowest BCUT2D eigenvalue weighted by Crippen LogP contribution is -2.14. The second-order valence-electron chi connectivity index (χ2n) is 6.96. The highest BCUT2D eigenvalue weighted by atomic mass is 16.1. The molecular weight excluding hydrogens is 312 g/mol. The molecule has 1 aliphatic rings. The van der Waals surface area contributed by atoms with E-state index in [1.54, 1.807) is 12.4 Å². The first kappa shape index (κ1) is 15.8. The van der Waals surface area contributed by atoms with Crippen LogP contribution in [0.4, 0.5) is 5.69 Å². The molecule has 25 heavy (non-hydrogen) atoms. The molecule has 2 aromatic heterocycles. The summed E-state index contributed by atoms with van der Waals surface area (Å²) in [5.74, 6) is -0.0919. The molecular formula is C20H22N4O.